The van der Waals surface area contributed by atoms with Gasteiger partial charge in [0.2, 0.25) is 0 Å². The first-order valence-corrected chi connectivity index (χ1v) is 9.50. The average molecular weight is 349 g/mol. The van der Waals surface area contributed by atoms with Crippen LogP contribution in [0.5, 0.6) is 0 Å². The van der Waals surface area contributed by atoms with Crippen molar-refractivity contribution in [3.05, 3.63) is 40.5 Å². The Labute approximate surface area is 131 Å². The Morgan fingerprint density at radius 1 is 1.35 bits per heavy atom. The van der Waals surface area contributed by atoms with E-state index in [0.29, 0.717) is 6.54 Å². The summed E-state index contributed by atoms with van der Waals surface area (Å²) in [5.74, 6) is 0. The van der Waals surface area contributed by atoms with Crippen LogP contribution in [0.4, 0.5) is 0 Å². The van der Waals surface area contributed by atoms with E-state index < -0.39 is 10.0 Å². The normalized spacial score (nSPS) is 12.0. The van der Waals surface area contributed by atoms with Crippen LogP contribution >= 0.6 is 34.7 Å². The van der Waals surface area contributed by atoms with Crippen molar-refractivity contribution in [2.45, 2.75) is 15.6 Å². The Morgan fingerprint density at radius 2 is 2.00 bits per heavy atom. The van der Waals surface area contributed by atoms with Gasteiger partial charge in [-0.1, -0.05) is 35.1 Å². The minimum Gasteiger partial charge on any atom is -0.232 e. The molecule has 20 heavy (non-hydrogen) atoms. The first-order chi connectivity index (χ1) is 9.43. The van der Waals surface area contributed by atoms with Crippen molar-refractivity contribution in [1.82, 2.24) is 9.29 Å². The third-order valence-electron chi connectivity index (χ3n) is 2.69. The minimum absolute atomic E-state index is 0.158. The molecule has 1 aromatic heterocycles. The SMILES string of the molecule is CSc1ccc(CN(C)S(=O)(=O)c2cnc(Cl)s2)cc1. The standard InChI is InChI=1S/C12H13ClN2O2S3/c1-15(8-9-3-5-10(18-2)6-4-9)20(16,17)11-7-14-12(13)19-11/h3-7H,8H2,1-2H3. The van der Waals surface area contributed by atoms with E-state index in [2.05, 4.69) is 4.98 Å². The summed E-state index contributed by atoms with van der Waals surface area (Å²) in [6.07, 6.45) is 3.29. The zero-order valence-electron chi connectivity index (χ0n) is 10.9. The van der Waals surface area contributed by atoms with Gasteiger partial charge in [0.15, 0.2) is 8.68 Å². The number of aromatic nitrogens is 1. The molecular formula is C12H13ClN2O2S3. The summed E-state index contributed by atoms with van der Waals surface area (Å²) in [6, 6.07) is 7.81. The minimum atomic E-state index is -3.53. The molecule has 0 saturated carbocycles. The molecule has 108 valence electrons. The molecule has 0 aliphatic heterocycles. The number of rotatable bonds is 5. The molecule has 0 bridgehead atoms. The van der Waals surface area contributed by atoms with Gasteiger partial charge in [0.25, 0.3) is 10.0 Å². The summed E-state index contributed by atoms with van der Waals surface area (Å²) in [4.78, 5) is 4.92. The van der Waals surface area contributed by atoms with Crippen LogP contribution in [0.2, 0.25) is 4.47 Å². The van der Waals surface area contributed by atoms with Gasteiger partial charge in [-0.2, -0.15) is 4.31 Å². The molecule has 0 N–H and O–H groups in total. The van der Waals surface area contributed by atoms with Crippen molar-refractivity contribution < 1.29 is 8.42 Å². The highest BCUT2D eigenvalue weighted by molar-refractivity contribution is 7.98. The Bertz CT molecular complexity index is 683. The maximum Gasteiger partial charge on any atom is 0.254 e. The van der Waals surface area contributed by atoms with Crippen LogP contribution < -0.4 is 0 Å². The molecule has 0 saturated heterocycles. The monoisotopic (exact) mass is 348 g/mol. The van der Waals surface area contributed by atoms with Gasteiger partial charge in [-0.3, -0.25) is 0 Å². The molecule has 0 spiro atoms. The first kappa shape index (κ1) is 15.8. The second-order valence-electron chi connectivity index (χ2n) is 4.04. The van der Waals surface area contributed by atoms with Gasteiger partial charge in [0, 0.05) is 18.5 Å². The molecule has 8 heteroatoms. The largest absolute Gasteiger partial charge is 0.254 e. The number of hydrogen-bond acceptors (Lipinski definition) is 5. The molecule has 2 aromatic rings. The van der Waals surface area contributed by atoms with Crippen molar-refractivity contribution in [3.8, 4) is 0 Å². The Kier molecular flexibility index (Phi) is 5.09. The molecule has 4 nitrogen and oxygen atoms in total. The van der Waals surface area contributed by atoms with Crippen LogP contribution in [-0.4, -0.2) is 31.0 Å². The molecule has 0 amide bonds. The molecule has 0 unspecified atom stereocenters. The summed E-state index contributed by atoms with van der Waals surface area (Å²) in [5, 5.41) is 0. The van der Waals surface area contributed by atoms with Crippen LogP contribution in [0.15, 0.2) is 39.6 Å². The van der Waals surface area contributed by atoms with Gasteiger partial charge in [-0.05, 0) is 24.0 Å². The molecule has 2 rings (SSSR count). The molecule has 0 atom stereocenters. The lowest BCUT2D eigenvalue weighted by molar-refractivity contribution is 0.468. The fourth-order valence-electron chi connectivity index (χ4n) is 1.59. The maximum atomic E-state index is 12.3. The average Bonchev–Trinajstić information content (AvgIpc) is 2.87. The first-order valence-electron chi connectivity index (χ1n) is 5.64. The van der Waals surface area contributed by atoms with Crippen molar-refractivity contribution in [2.24, 2.45) is 0 Å². The van der Waals surface area contributed by atoms with Crippen molar-refractivity contribution in [3.63, 3.8) is 0 Å². The highest BCUT2D eigenvalue weighted by atomic mass is 35.5. The van der Waals surface area contributed by atoms with Crippen molar-refractivity contribution in [1.29, 1.82) is 0 Å². The highest BCUT2D eigenvalue weighted by Crippen LogP contribution is 2.26. The number of hydrogen-bond donors (Lipinski definition) is 0. The highest BCUT2D eigenvalue weighted by Gasteiger charge is 2.23. The maximum absolute atomic E-state index is 12.3. The summed E-state index contributed by atoms with van der Waals surface area (Å²) in [6.45, 7) is 0.312. The van der Waals surface area contributed by atoms with E-state index in [9.17, 15) is 8.42 Å². The number of nitrogens with zero attached hydrogens (tertiary/aromatic N) is 2. The topological polar surface area (TPSA) is 50.3 Å². The number of halogens is 1. The Hall–Kier alpha value is -0.600. The van der Waals surface area contributed by atoms with E-state index in [1.54, 1.807) is 18.8 Å². The fraction of sp³-hybridized carbons (Fsp3) is 0.250. The lowest BCUT2D eigenvalue weighted by atomic mass is 10.2. The van der Waals surface area contributed by atoms with Crippen molar-refractivity contribution >= 4 is 44.7 Å². The van der Waals surface area contributed by atoms with Crippen LogP contribution in [-0.2, 0) is 16.6 Å². The van der Waals surface area contributed by atoms with Gasteiger partial charge >= 0.3 is 0 Å². The smallest absolute Gasteiger partial charge is 0.232 e. The number of sulfonamides is 1. The predicted molar refractivity (Wildman–Crippen MR) is 84.0 cm³/mol. The molecular weight excluding hydrogens is 336 g/mol. The number of benzene rings is 1. The molecule has 0 fully saturated rings. The lowest BCUT2D eigenvalue weighted by Crippen LogP contribution is -2.25. The Morgan fingerprint density at radius 3 is 2.50 bits per heavy atom. The van der Waals surface area contributed by atoms with Crippen molar-refractivity contribution in [2.75, 3.05) is 13.3 Å². The van der Waals surface area contributed by atoms with E-state index in [1.165, 1.54) is 10.5 Å². The molecule has 0 aliphatic carbocycles. The zero-order valence-corrected chi connectivity index (χ0v) is 14.1. The third kappa shape index (κ3) is 3.53. The van der Waals surface area contributed by atoms with E-state index >= 15 is 0 Å². The predicted octanol–water partition coefficient (Wildman–Crippen LogP) is 3.34. The van der Waals surface area contributed by atoms with Gasteiger partial charge in [0.1, 0.15) is 0 Å². The molecule has 0 radical (unpaired) electrons. The zero-order chi connectivity index (χ0) is 14.8. The second kappa shape index (κ2) is 6.44. The summed E-state index contributed by atoms with van der Waals surface area (Å²) in [7, 11) is -1.99. The summed E-state index contributed by atoms with van der Waals surface area (Å²) < 4.78 is 26.3. The number of thiazole rings is 1. The quantitative estimate of drug-likeness (QED) is 0.777. The fourth-order valence-corrected chi connectivity index (χ4v) is 4.66. The lowest BCUT2D eigenvalue weighted by Gasteiger charge is -2.15. The van der Waals surface area contributed by atoms with E-state index in [4.69, 9.17) is 11.6 Å². The second-order valence-corrected chi connectivity index (χ2v) is 8.81. The van der Waals surface area contributed by atoms with Gasteiger partial charge in [-0.25, -0.2) is 13.4 Å². The van der Waals surface area contributed by atoms with Crippen LogP contribution in [0.1, 0.15) is 5.56 Å². The summed E-state index contributed by atoms with van der Waals surface area (Å²) in [5.41, 5.74) is 0.935. The van der Waals surface area contributed by atoms with E-state index in [0.717, 1.165) is 21.8 Å². The number of thioether (sulfide) groups is 1. The van der Waals surface area contributed by atoms with Crippen LogP contribution in [0, 0.1) is 0 Å². The van der Waals surface area contributed by atoms with Crippen LogP contribution in [0.25, 0.3) is 0 Å². The molecule has 1 heterocycles. The third-order valence-corrected chi connectivity index (χ3v) is 6.78. The Balaban J connectivity index is 2.16. The van der Waals surface area contributed by atoms with Gasteiger partial charge in [0.05, 0.1) is 6.20 Å². The molecule has 0 aliphatic rings. The van der Waals surface area contributed by atoms with Crippen LogP contribution in [0.3, 0.4) is 0 Å². The summed E-state index contributed by atoms with van der Waals surface area (Å²) >= 11 is 8.30. The molecule has 1 aromatic carbocycles. The van der Waals surface area contributed by atoms with E-state index in [1.807, 2.05) is 30.5 Å². The van der Waals surface area contributed by atoms with Gasteiger partial charge in [-0.15, -0.1) is 11.8 Å². The van der Waals surface area contributed by atoms with Gasteiger partial charge < -0.3 is 0 Å². The van der Waals surface area contributed by atoms with E-state index in [-0.39, 0.29) is 8.68 Å².